The summed E-state index contributed by atoms with van der Waals surface area (Å²) in [5.41, 5.74) is 9.48. The number of aromatic nitrogens is 1. The SMILES string of the molecule is NC(=O)c1cc2c(N3CCC(Cc4ccccc4)CC3)cccc2[nH]1. The van der Waals surface area contributed by atoms with E-state index in [2.05, 4.69) is 46.3 Å². The fourth-order valence-electron chi connectivity index (χ4n) is 3.87. The average Bonchev–Trinajstić information content (AvgIpc) is 3.08. The van der Waals surface area contributed by atoms with Crippen LogP contribution < -0.4 is 10.6 Å². The highest BCUT2D eigenvalue weighted by molar-refractivity contribution is 6.01. The van der Waals surface area contributed by atoms with E-state index in [4.69, 9.17) is 5.73 Å². The molecule has 3 N–H and O–H groups in total. The Kier molecular flexibility index (Phi) is 4.18. The van der Waals surface area contributed by atoms with Crippen LogP contribution >= 0.6 is 0 Å². The first-order valence-corrected chi connectivity index (χ1v) is 8.91. The number of aromatic amines is 1. The zero-order valence-electron chi connectivity index (χ0n) is 14.2. The monoisotopic (exact) mass is 333 g/mol. The van der Waals surface area contributed by atoms with Crippen LogP contribution in [0.2, 0.25) is 0 Å². The number of hydrogen-bond acceptors (Lipinski definition) is 2. The van der Waals surface area contributed by atoms with Crippen LogP contribution in [0.1, 0.15) is 28.9 Å². The van der Waals surface area contributed by atoms with Gasteiger partial charge in [0.2, 0.25) is 0 Å². The summed E-state index contributed by atoms with van der Waals surface area (Å²) >= 11 is 0. The van der Waals surface area contributed by atoms with Gasteiger partial charge in [0.05, 0.1) is 0 Å². The Morgan fingerprint density at radius 2 is 1.84 bits per heavy atom. The second kappa shape index (κ2) is 6.63. The van der Waals surface area contributed by atoms with Crippen molar-refractivity contribution in [1.82, 2.24) is 4.98 Å². The first-order valence-electron chi connectivity index (χ1n) is 8.91. The maximum atomic E-state index is 11.5. The summed E-state index contributed by atoms with van der Waals surface area (Å²) in [6, 6.07) is 18.8. The van der Waals surface area contributed by atoms with Gasteiger partial charge in [0.1, 0.15) is 5.69 Å². The van der Waals surface area contributed by atoms with Crippen molar-refractivity contribution in [2.75, 3.05) is 18.0 Å². The van der Waals surface area contributed by atoms with Crippen molar-refractivity contribution in [3.05, 3.63) is 65.9 Å². The largest absolute Gasteiger partial charge is 0.371 e. The van der Waals surface area contributed by atoms with Gasteiger partial charge in [-0.15, -0.1) is 0 Å². The molecular formula is C21H23N3O. The molecule has 1 fully saturated rings. The van der Waals surface area contributed by atoms with E-state index in [9.17, 15) is 4.79 Å². The van der Waals surface area contributed by atoms with Crippen LogP contribution in [0, 0.1) is 5.92 Å². The number of fused-ring (bicyclic) bond motifs is 1. The Labute approximate surface area is 147 Å². The predicted octanol–water partition coefficient (Wildman–Crippen LogP) is 3.73. The molecule has 0 atom stereocenters. The van der Waals surface area contributed by atoms with E-state index >= 15 is 0 Å². The second-order valence-corrected chi connectivity index (χ2v) is 6.91. The third-order valence-electron chi connectivity index (χ3n) is 5.23. The zero-order chi connectivity index (χ0) is 17.2. The van der Waals surface area contributed by atoms with E-state index < -0.39 is 5.91 Å². The third kappa shape index (κ3) is 3.25. The topological polar surface area (TPSA) is 62.1 Å². The first-order chi connectivity index (χ1) is 12.2. The van der Waals surface area contributed by atoms with Crippen LogP contribution in [0.25, 0.3) is 10.9 Å². The lowest BCUT2D eigenvalue weighted by atomic mass is 9.90. The number of rotatable bonds is 4. The van der Waals surface area contributed by atoms with Gasteiger partial charge in [0.25, 0.3) is 5.91 Å². The first kappa shape index (κ1) is 15.8. The van der Waals surface area contributed by atoms with E-state index in [1.807, 2.05) is 18.2 Å². The Morgan fingerprint density at radius 1 is 1.08 bits per heavy atom. The van der Waals surface area contributed by atoms with Crippen molar-refractivity contribution in [1.29, 1.82) is 0 Å². The van der Waals surface area contributed by atoms with E-state index in [-0.39, 0.29) is 0 Å². The van der Waals surface area contributed by atoms with Gasteiger partial charge in [-0.1, -0.05) is 36.4 Å². The number of H-pyrrole nitrogens is 1. The number of nitrogens with one attached hydrogen (secondary N) is 1. The van der Waals surface area contributed by atoms with Crippen LogP contribution in [0.5, 0.6) is 0 Å². The van der Waals surface area contributed by atoms with E-state index in [1.165, 1.54) is 24.1 Å². The molecule has 0 aliphatic carbocycles. The summed E-state index contributed by atoms with van der Waals surface area (Å²) in [7, 11) is 0. The van der Waals surface area contributed by atoms with Gasteiger partial charge in [0.15, 0.2) is 0 Å². The predicted molar refractivity (Wildman–Crippen MR) is 102 cm³/mol. The molecule has 4 nitrogen and oxygen atoms in total. The highest BCUT2D eigenvalue weighted by atomic mass is 16.1. The number of hydrogen-bond donors (Lipinski definition) is 2. The lowest BCUT2D eigenvalue weighted by Gasteiger charge is -2.34. The lowest BCUT2D eigenvalue weighted by molar-refractivity contribution is 0.0996. The number of carbonyl (C=O) groups excluding carboxylic acids is 1. The molecule has 0 radical (unpaired) electrons. The molecule has 1 aliphatic rings. The molecule has 0 unspecified atom stereocenters. The van der Waals surface area contributed by atoms with Crippen LogP contribution in [-0.4, -0.2) is 24.0 Å². The van der Waals surface area contributed by atoms with Gasteiger partial charge in [0, 0.05) is 29.7 Å². The zero-order valence-corrected chi connectivity index (χ0v) is 14.2. The Hall–Kier alpha value is -2.75. The lowest BCUT2D eigenvalue weighted by Crippen LogP contribution is -2.34. The maximum absolute atomic E-state index is 11.5. The Balaban J connectivity index is 1.49. The van der Waals surface area contributed by atoms with Crippen LogP contribution in [0.15, 0.2) is 54.6 Å². The summed E-state index contributed by atoms with van der Waals surface area (Å²) < 4.78 is 0. The molecule has 0 bridgehead atoms. The molecule has 1 saturated heterocycles. The van der Waals surface area contributed by atoms with Gasteiger partial charge >= 0.3 is 0 Å². The fourth-order valence-corrected chi connectivity index (χ4v) is 3.87. The van der Waals surface area contributed by atoms with Gasteiger partial charge in [-0.25, -0.2) is 0 Å². The van der Waals surface area contributed by atoms with Crippen molar-refractivity contribution in [2.45, 2.75) is 19.3 Å². The summed E-state index contributed by atoms with van der Waals surface area (Å²) in [5.74, 6) is 0.328. The van der Waals surface area contributed by atoms with Crippen molar-refractivity contribution < 1.29 is 4.79 Å². The molecule has 4 heteroatoms. The van der Waals surface area contributed by atoms with Crippen molar-refractivity contribution in [3.63, 3.8) is 0 Å². The smallest absolute Gasteiger partial charge is 0.265 e. The minimum absolute atomic E-state index is 0.413. The highest BCUT2D eigenvalue weighted by Crippen LogP contribution is 2.31. The van der Waals surface area contributed by atoms with Crippen LogP contribution in [0.3, 0.4) is 0 Å². The quantitative estimate of drug-likeness (QED) is 0.764. The molecule has 0 spiro atoms. The van der Waals surface area contributed by atoms with E-state index in [0.717, 1.165) is 36.3 Å². The molecule has 25 heavy (non-hydrogen) atoms. The molecular weight excluding hydrogens is 310 g/mol. The maximum Gasteiger partial charge on any atom is 0.265 e. The van der Waals surface area contributed by atoms with Gasteiger partial charge < -0.3 is 15.6 Å². The van der Waals surface area contributed by atoms with E-state index in [0.29, 0.717) is 5.69 Å². The molecule has 2 aromatic carbocycles. The van der Waals surface area contributed by atoms with Crippen molar-refractivity contribution >= 4 is 22.5 Å². The molecule has 1 aliphatic heterocycles. The number of nitrogens with zero attached hydrogens (tertiary/aromatic N) is 1. The standard InChI is InChI=1S/C21H23N3O/c22-21(25)19-14-17-18(23-19)7-4-8-20(17)24-11-9-16(10-12-24)13-15-5-2-1-3-6-15/h1-8,14,16,23H,9-13H2,(H2,22,25). The third-order valence-corrected chi connectivity index (χ3v) is 5.23. The molecule has 4 rings (SSSR count). The molecule has 3 aromatic rings. The minimum atomic E-state index is -0.413. The van der Waals surface area contributed by atoms with Gasteiger partial charge in [-0.2, -0.15) is 0 Å². The number of amides is 1. The average molecular weight is 333 g/mol. The minimum Gasteiger partial charge on any atom is -0.371 e. The Bertz CT molecular complexity index is 877. The summed E-state index contributed by atoms with van der Waals surface area (Å²) in [6.07, 6.45) is 3.55. The highest BCUT2D eigenvalue weighted by Gasteiger charge is 2.21. The molecule has 128 valence electrons. The summed E-state index contributed by atoms with van der Waals surface area (Å²) in [6.45, 7) is 2.10. The number of carbonyl (C=O) groups is 1. The fraction of sp³-hybridized carbons (Fsp3) is 0.286. The van der Waals surface area contributed by atoms with Crippen molar-refractivity contribution in [2.24, 2.45) is 11.7 Å². The van der Waals surface area contributed by atoms with E-state index in [1.54, 1.807) is 0 Å². The number of nitrogens with two attached hydrogens (primary N) is 1. The van der Waals surface area contributed by atoms with Gasteiger partial charge in [-0.05, 0) is 48.9 Å². The molecule has 1 amide bonds. The second-order valence-electron chi connectivity index (χ2n) is 6.91. The van der Waals surface area contributed by atoms with Crippen LogP contribution in [0.4, 0.5) is 5.69 Å². The number of anilines is 1. The number of benzene rings is 2. The van der Waals surface area contributed by atoms with Crippen molar-refractivity contribution in [3.8, 4) is 0 Å². The summed E-state index contributed by atoms with van der Waals surface area (Å²) in [5, 5.41) is 1.08. The number of primary amides is 1. The Morgan fingerprint density at radius 3 is 2.56 bits per heavy atom. The van der Waals surface area contributed by atoms with Gasteiger partial charge in [-0.3, -0.25) is 4.79 Å². The van der Waals surface area contributed by atoms with Crippen LogP contribution in [-0.2, 0) is 6.42 Å². The molecule has 2 heterocycles. The molecule has 1 aromatic heterocycles. The number of piperidine rings is 1. The molecule has 0 saturated carbocycles. The normalized spacial score (nSPS) is 15.6. The summed E-state index contributed by atoms with van der Waals surface area (Å²) in [4.78, 5) is 17.0.